The minimum absolute atomic E-state index is 0.212. The predicted molar refractivity (Wildman–Crippen MR) is 74.5 cm³/mol. The molecule has 110 valence electrons. The molecule has 0 aliphatic heterocycles. The number of carbonyl (C=O) groups excluding carboxylic acids is 2. The number of ether oxygens (including phenoxy) is 1. The fourth-order valence-corrected chi connectivity index (χ4v) is 1.42. The van der Waals surface area contributed by atoms with E-state index in [0.717, 1.165) is 0 Å². The molecule has 0 aromatic carbocycles. The monoisotopic (exact) mass is 280 g/mol. The Morgan fingerprint density at radius 2 is 1.95 bits per heavy atom. The van der Waals surface area contributed by atoms with E-state index in [2.05, 4.69) is 5.32 Å². The molecular formula is C14H20N2O4. The molecule has 1 atom stereocenters. The zero-order valence-corrected chi connectivity index (χ0v) is 12.4. The summed E-state index contributed by atoms with van der Waals surface area (Å²) in [5, 5.41) is 2.50. The molecule has 1 amide bonds. The van der Waals surface area contributed by atoms with Crippen molar-refractivity contribution < 1.29 is 14.3 Å². The van der Waals surface area contributed by atoms with Crippen LogP contribution in [-0.4, -0.2) is 28.1 Å². The van der Waals surface area contributed by atoms with E-state index in [1.165, 1.54) is 29.8 Å². The smallest absolute Gasteiger partial charge is 0.328 e. The van der Waals surface area contributed by atoms with E-state index in [1.54, 1.807) is 27.8 Å². The molecule has 1 heterocycles. The van der Waals surface area contributed by atoms with Gasteiger partial charge in [-0.2, -0.15) is 0 Å². The maximum Gasteiger partial charge on any atom is 0.328 e. The van der Waals surface area contributed by atoms with Crippen LogP contribution in [0.25, 0.3) is 0 Å². The molecule has 1 N–H and O–H groups in total. The number of nitrogens with zero attached hydrogens (tertiary/aromatic N) is 1. The van der Waals surface area contributed by atoms with E-state index < -0.39 is 23.5 Å². The third-order valence-corrected chi connectivity index (χ3v) is 2.47. The number of hydrogen-bond donors (Lipinski definition) is 1. The summed E-state index contributed by atoms with van der Waals surface area (Å²) in [4.78, 5) is 35.1. The minimum Gasteiger partial charge on any atom is -0.458 e. The largest absolute Gasteiger partial charge is 0.458 e. The number of pyridine rings is 1. The molecule has 0 saturated heterocycles. The number of rotatable bonds is 3. The van der Waals surface area contributed by atoms with Crippen molar-refractivity contribution in [2.24, 2.45) is 7.05 Å². The summed E-state index contributed by atoms with van der Waals surface area (Å²) in [6, 6.07) is 1.95. The minimum atomic E-state index is -0.786. The van der Waals surface area contributed by atoms with Crippen molar-refractivity contribution in [1.82, 2.24) is 9.88 Å². The molecule has 1 rings (SSSR count). The van der Waals surface area contributed by atoms with Crippen LogP contribution in [-0.2, 0) is 16.6 Å². The van der Waals surface area contributed by atoms with Crippen molar-refractivity contribution in [2.45, 2.75) is 39.3 Å². The molecule has 6 heteroatoms. The first-order valence-electron chi connectivity index (χ1n) is 6.30. The van der Waals surface area contributed by atoms with Crippen molar-refractivity contribution in [2.75, 3.05) is 0 Å². The number of aromatic nitrogens is 1. The fourth-order valence-electron chi connectivity index (χ4n) is 1.42. The Bertz CT molecular complexity index is 569. The van der Waals surface area contributed by atoms with Gasteiger partial charge < -0.3 is 14.6 Å². The molecule has 0 aliphatic carbocycles. The van der Waals surface area contributed by atoms with Gasteiger partial charge in [0.2, 0.25) is 0 Å². The summed E-state index contributed by atoms with van der Waals surface area (Å²) in [6.07, 6.45) is 1.50. The zero-order chi connectivity index (χ0) is 15.5. The fraction of sp³-hybridized carbons (Fsp3) is 0.500. The second kappa shape index (κ2) is 5.90. The summed E-state index contributed by atoms with van der Waals surface area (Å²) >= 11 is 0. The van der Waals surface area contributed by atoms with E-state index in [4.69, 9.17) is 4.74 Å². The van der Waals surface area contributed by atoms with Gasteiger partial charge in [-0.15, -0.1) is 0 Å². The molecule has 0 radical (unpaired) electrons. The van der Waals surface area contributed by atoms with Gasteiger partial charge in [0.1, 0.15) is 11.6 Å². The summed E-state index contributed by atoms with van der Waals surface area (Å²) in [5.41, 5.74) is -0.690. The lowest BCUT2D eigenvalue weighted by atomic mass is 10.2. The zero-order valence-electron chi connectivity index (χ0n) is 12.4. The maximum absolute atomic E-state index is 11.9. The average Bonchev–Trinajstić information content (AvgIpc) is 2.30. The Hall–Kier alpha value is -2.11. The second-order valence-corrected chi connectivity index (χ2v) is 5.59. The first kappa shape index (κ1) is 15.9. The van der Waals surface area contributed by atoms with Crippen molar-refractivity contribution in [3.8, 4) is 0 Å². The van der Waals surface area contributed by atoms with Gasteiger partial charge in [-0.3, -0.25) is 9.59 Å². The van der Waals surface area contributed by atoms with Gasteiger partial charge in [-0.05, 0) is 33.8 Å². The lowest BCUT2D eigenvalue weighted by Crippen LogP contribution is -2.42. The Morgan fingerprint density at radius 1 is 1.35 bits per heavy atom. The van der Waals surface area contributed by atoms with Gasteiger partial charge in [0.05, 0.1) is 0 Å². The summed E-state index contributed by atoms with van der Waals surface area (Å²) in [6.45, 7) is 6.79. The third kappa shape index (κ3) is 4.53. The van der Waals surface area contributed by atoms with Crippen LogP contribution in [0.1, 0.15) is 38.1 Å². The second-order valence-electron chi connectivity index (χ2n) is 5.59. The van der Waals surface area contributed by atoms with Crippen LogP contribution in [0.5, 0.6) is 0 Å². The number of carbonyl (C=O) groups is 2. The molecular weight excluding hydrogens is 260 g/mol. The maximum atomic E-state index is 11.9. The Balaban J connectivity index is 2.72. The van der Waals surface area contributed by atoms with Gasteiger partial charge in [-0.1, -0.05) is 0 Å². The molecule has 0 unspecified atom stereocenters. The van der Waals surface area contributed by atoms with Crippen LogP contribution in [0.3, 0.4) is 0 Å². The molecule has 0 saturated carbocycles. The van der Waals surface area contributed by atoms with Crippen LogP contribution in [0, 0.1) is 0 Å². The highest BCUT2D eigenvalue weighted by Gasteiger charge is 2.23. The Morgan fingerprint density at radius 3 is 2.45 bits per heavy atom. The Kier molecular flexibility index (Phi) is 4.70. The molecule has 0 bridgehead atoms. The third-order valence-electron chi connectivity index (χ3n) is 2.47. The van der Waals surface area contributed by atoms with Crippen LogP contribution in [0.4, 0.5) is 0 Å². The standard InChI is InChI=1S/C14H20N2O4/c1-9(13(19)20-14(2,3)4)15-12(18)10-6-7-16(5)11(17)8-10/h6-9H,1-5H3,(H,15,18)/t9-/m0/s1. The van der Waals surface area contributed by atoms with Gasteiger partial charge in [0, 0.05) is 24.9 Å². The quantitative estimate of drug-likeness (QED) is 0.832. The number of amides is 1. The van der Waals surface area contributed by atoms with Crippen molar-refractivity contribution >= 4 is 11.9 Å². The SMILES string of the molecule is C[C@H](NC(=O)c1ccn(C)c(=O)c1)C(=O)OC(C)(C)C. The number of esters is 1. The first-order chi connectivity index (χ1) is 9.10. The number of aryl methyl sites for hydroxylation is 1. The van der Waals surface area contributed by atoms with E-state index in [0.29, 0.717) is 0 Å². The van der Waals surface area contributed by atoms with E-state index >= 15 is 0 Å². The van der Waals surface area contributed by atoms with Crippen molar-refractivity contribution in [3.63, 3.8) is 0 Å². The molecule has 1 aromatic rings. The highest BCUT2D eigenvalue weighted by Crippen LogP contribution is 2.08. The van der Waals surface area contributed by atoms with Crippen LogP contribution in [0.2, 0.25) is 0 Å². The number of hydrogen-bond acceptors (Lipinski definition) is 4. The molecule has 6 nitrogen and oxygen atoms in total. The summed E-state index contributed by atoms with van der Waals surface area (Å²) < 4.78 is 6.51. The van der Waals surface area contributed by atoms with Crippen LogP contribution in [0.15, 0.2) is 23.1 Å². The number of nitrogens with one attached hydrogen (secondary N) is 1. The van der Waals surface area contributed by atoms with Crippen molar-refractivity contribution in [3.05, 3.63) is 34.2 Å². The highest BCUT2D eigenvalue weighted by molar-refractivity contribution is 5.96. The lowest BCUT2D eigenvalue weighted by Gasteiger charge is -2.22. The Labute approximate surface area is 117 Å². The molecule has 0 fully saturated rings. The van der Waals surface area contributed by atoms with Gasteiger partial charge in [0.15, 0.2) is 0 Å². The molecule has 20 heavy (non-hydrogen) atoms. The lowest BCUT2D eigenvalue weighted by molar-refractivity contribution is -0.156. The van der Waals surface area contributed by atoms with E-state index in [-0.39, 0.29) is 11.1 Å². The average molecular weight is 280 g/mol. The van der Waals surface area contributed by atoms with Gasteiger partial charge >= 0.3 is 5.97 Å². The van der Waals surface area contributed by atoms with Crippen LogP contribution < -0.4 is 10.9 Å². The van der Waals surface area contributed by atoms with Crippen molar-refractivity contribution in [1.29, 1.82) is 0 Å². The van der Waals surface area contributed by atoms with Gasteiger partial charge in [0.25, 0.3) is 11.5 Å². The molecule has 1 aromatic heterocycles. The molecule has 0 spiro atoms. The molecule has 0 aliphatic rings. The van der Waals surface area contributed by atoms with Gasteiger partial charge in [-0.25, -0.2) is 4.79 Å². The van der Waals surface area contributed by atoms with E-state index in [9.17, 15) is 14.4 Å². The topological polar surface area (TPSA) is 77.4 Å². The predicted octanol–water partition coefficient (Wildman–Crippen LogP) is 0.845. The normalized spacial score (nSPS) is 12.7. The summed E-state index contributed by atoms with van der Waals surface area (Å²) in [5.74, 6) is -1.00. The van der Waals surface area contributed by atoms with Crippen LogP contribution >= 0.6 is 0 Å². The highest BCUT2D eigenvalue weighted by atomic mass is 16.6. The summed E-state index contributed by atoms with van der Waals surface area (Å²) in [7, 11) is 1.59. The first-order valence-corrected chi connectivity index (χ1v) is 6.30. The van der Waals surface area contributed by atoms with E-state index in [1.807, 2.05) is 0 Å².